The highest BCUT2D eigenvalue weighted by molar-refractivity contribution is 7.26. The van der Waals surface area contributed by atoms with Crippen LogP contribution in [-0.2, 0) is 0 Å². The third kappa shape index (κ3) is 12.8. The smallest absolute Gasteiger partial charge is 0.136 e. The number of para-hydroxylation sites is 9. The van der Waals surface area contributed by atoms with Gasteiger partial charge in [0.1, 0.15) is 11.2 Å². The van der Waals surface area contributed by atoms with E-state index in [-0.39, 0.29) is 0 Å². The highest BCUT2D eigenvalue weighted by Gasteiger charge is 2.27. The Bertz CT molecular complexity index is 11200. The summed E-state index contributed by atoms with van der Waals surface area (Å²) in [6.45, 7) is 0. The van der Waals surface area contributed by atoms with Crippen LogP contribution >= 0.6 is 11.3 Å². The molecule has 8 nitrogen and oxygen atoms in total. The number of hydrogen-bond acceptors (Lipinski definition) is 2. The number of benzene rings is 24. The molecule has 9 heterocycles. The summed E-state index contributed by atoms with van der Waals surface area (Å²) in [6, 6.07) is 188. The van der Waals surface area contributed by atoms with Gasteiger partial charge in [-0.25, -0.2) is 0 Å². The minimum absolute atomic E-state index is 0.907. The number of nitrogens with zero attached hydrogens (tertiary/aromatic N) is 7. The zero-order valence-electron chi connectivity index (χ0n) is 79.5. The Kier molecular flexibility index (Phi) is 18.3. The van der Waals surface area contributed by atoms with E-state index in [0.29, 0.717) is 0 Å². The maximum absolute atomic E-state index is 6.26. The van der Waals surface area contributed by atoms with Crippen molar-refractivity contribution in [1.29, 1.82) is 0 Å². The molecule has 33 aromatic rings. The molecule has 0 atom stereocenters. The van der Waals surface area contributed by atoms with Gasteiger partial charge < -0.3 is 36.4 Å². The van der Waals surface area contributed by atoms with E-state index in [1.54, 1.807) is 0 Å². The van der Waals surface area contributed by atoms with Gasteiger partial charge in [-0.1, -0.05) is 315 Å². The highest BCUT2D eigenvalue weighted by atomic mass is 32.1. The molecule has 684 valence electrons. The largest absolute Gasteiger partial charge is 0.456 e. The molecule has 24 aromatic carbocycles. The third-order valence-corrected chi connectivity index (χ3v) is 32.1. The molecule has 0 aliphatic carbocycles. The van der Waals surface area contributed by atoms with Gasteiger partial charge in [0.25, 0.3) is 0 Å². The highest BCUT2D eigenvalue weighted by Crippen LogP contribution is 2.50. The van der Waals surface area contributed by atoms with E-state index < -0.39 is 0 Å². The quantitative estimate of drug-likeness (QED) is 0.142. The molecule has 147 heavy (non-hydrogen) atoms. The van der Waals surface area contributed by atoms with Gasteiger partial charge >= 0.3 is 0 Å². The first-order valence-electron chi connectivity index (χ1n) is 50.4. The van der Waals surface area contributed by atoms with Crippen molar-refractivity contribution in [1.82, 2.24) is 32.0 Å². The van der Waals surface area contributed by atoms with Gasteiger partial charge in [-0.15, -0.1) is 11.3 Å². The van der Waals surface area contributed by atoms with E-state index in [0.717, 1.165) is 61.6 Å². The summed E-state index contributed by atoms with van der Waals surface area (Å²) < 4.78 is 26.0. The molecule has 0 bridgehead atoms. The first-order chi connectivity index (χ1) is 72.9. The Morgan fingerprint density at radius 3 is 0.864 bits per heavy atom. The Morgan fingerprint density at radius 1 is 0.143 bits per heavy atom. The molecule has 0 aliphatic heterocycles. The van der Waals surface area contributed by atoms with Crippen LogP contribution in [-0.4, -0.2) is 32.0 Å². The van der Waals surface area contributed by atoms with Gasteiger partial charge in [-0.05, 0) is 255 Å². The van der Waals surface area contributed by atoms with E-state index in [1.165, 1.54) is 228 Å². The molecule has 0 fully saturated rings. The second kappa shape index (κ2) is 32.6. The number of hydrogen-bond donors (Lipinski definition) is 0. The summed E-state index contributed by atoms with van der Waals surface area (Å²) >= 11 is 1.88. The first-order valence-corrected chi connectivity index (χ1v) is 51.2. The molecule has 0 saturated heterocycles. The summed E-state index contributed by atoms with van der Waals surface area (Å²) in [7, 11) is 0. The van der Waals surface area contributed by atoms with Crippen molar-refractivity contribution in [3.8, 4) is 62.1 Å². The van der Waals surface area contributed by atoms with Crippen molar-refractivity contribution in [3.63, 3.8) is 0 Å². The van der Waals surface area contributed by atoms with Crippen LogP contribution in [0.2, 0.25) is 0 Å². The minimum atomic E-state index is 0.907. The predicted octanol–water partition coefficient (Wildman–Crippen LogP) is 37.8. The molecule has 9 aromatic heterocycles. The molecular formula is C138H85N7OS. The van der Waals surface area contributed by atoms with Gasteiger partial charge in [0.15, 0.2) is 0 Å². The van der Waals surface area contributed by atoms with Gasteiger partial charge in [0.2, 0.25) is 0 Å². The minimum Gasteiger partial charge on any atom is -0.456 e. The topological polar surface area (TPSA) is 47.6 Å². The molecule has 9 heteroatoms. The van der Waals surface area contributed by atoms with Crippen LogP contribution in [0.1, 0.15) is 0 Å². The van der Waals surface area contributed by atoms with Gasteiger partial charge in [0, 0.05) is 146 Å². The molecule has 0 saturated carbocycles. The molecule has 0 amide bonds. The average Bonchev–Trinajstić information content (AvgIpc) is 1.55. The molecule has 0 radical (unpaired) electrons. The van der Waals surface area contributed by atoms with E-state index in [9.17, 15) is 0 Å². The van der Waals surface area contributed by atoms with Crippen molar-refractivity contribution in [2.45, 2.75) is 0 Å². The average molecular weight is 1890 g/mol. The summed E-state index contributed by atoms with van der Waals surface area (Å²) in [5, 5.41) is 30.1. The molecule has 33 rings (SSSR count). The fourth-order valence-corrected chi connectivity index (χ4v) is 25.7. The lowest BCUT2D eigenvalue weighted by Crippen LogP contribution is -1.99. The lowest BCUT2D eigenvalue weighted by atomic mass is 9.99. The molecule has 0 spiro atoms. The molecular weight excluding hydrogens is 1800 g/mol. The predicted molar refractivity (Wildman–Crippen MR) is 623 cm³/mol. The van der Waals surface area contributed by atoms with Crippen molar-refractivity contribution in [2.24, 2.45) is 0 Å². The Morgan fingerprint density at radius 2 is 0.422 bits per heavy atom. The molecule has 0 N–H and O–H groups in total. The standard InChI is InChI=1S/C46H29N3.C46H28N2O.C46H28N2S/c1-2-15-32(16-3-1)47-44-26-31-14-5-4-13-30(31)25-38(44)40-28-39-37-21-8-11-24-43(37)49(45(39)29-46(40)47)34-18-12-17-33(27-34)48-41-22-9-6-19-35(41)36-20-7-10-23-42(36)48;1-2-15-32(16-3-1)47-41-26-30-13-5-4-12-29(30)25-37(41)39-27-38-35-18-6-8-21-40(35)48(42(38)28-43(39)47)33-17-10-14-31(24-33)34-20-11-23-45-46(34)36-19-7-9-22-44(36)49-45;1-2-13-32(14-3-1)48-42-26-31-12-5-4-11-30(31)25-38(42)40-27-39-35-15-6-8-19-41(35)47(43(39)28-44(40)48)33-23-21-29(22-24-33)34-17-10-18-37-36-16-7-9-20-45(36)49-46(34)37/h1-29H;2*1-28H. The van der Waals surface area contributed by atoms with Crippen LogP contribution in [0.3, 0.4) is 0 Å². The summed E-state index contributed by atoms with van der Waals surface area (Å²) in [6.07, 6.45) is 0. The normalized spacial score (nSPS) is 12.1. The van der Waals surface area contributed by atoms with Gasteiger partial charge in [0.05, 0.1) is 77.2 Å². The number of aromatic nitrogens is 7. The van der Waals surface area contributed by atoms with E-state index >= 15 is 0 Å². The lowest BCUT2D eigenvalue weighted by molar-refractivity contribution is 0.669. The van der Waals surface area contributed by atoms with Crippen LogP contribution in [0.25, 0.3) is 289 Å². The van der Waals surface area contributed by atoms with E-state index in [2.05, 4.69) is 535 Å². The van der Waals surface area contributed by atoms with Crippen molar-refractivity contribution < 1.29 is 4.42 Å². The number of thiophene rings is 1. The zero-order chi connectivity index (χ0) is 96.2. The van der Waals surface area contributed by atoms with Gasteiger partial charge in [-0.3, -0.25) is 0 Å². The second-order valence-corrected chi connectivity index (χ2v) is 40.0. The molecule has 0 aliphatic rings. The summed E-state index contributed by atoms with van der Waals surface area (Å²) in [4.78, 5) is 0. The summed E-state index contributed by atoms with van der Waals surface area (Å²) in [5.74, 6) is 0. The van der Waals surface area contributed by atoms with Crippen molar-refractivity contribution in [2.75, 3.05) is 0 Å². The van der Waals surface area contributed by atoms with Crippen LogP contribution in [0.4, 0.5) is 0 Å². The number of rotatable bonds is 9. The Balaban J connectivity index is 0.0000000999. The van der Waals surface area contributed by atoms with Crippen LogP contribution in [0.15, 0.2) is 520 Å². The maximum Gasteiger partial charge on any atom is 0.136 e. The van der Waals surface area contributed by atoms with Crippen molar-refractivity contribution in [3.05, 3.63) is 516 Å². The van der Waals surface area contributed by atoms with E-state index in [4.69, 9.17) is 4.42 Å². The van der Waals surface area contributed by atoms with Crippen molar-refractivity contribution >= 4 is 238 Å². The summed E-state index contributed by atoms with van der Waals surface area (Å²) in [5.41, 5.74) is 31.6. The zero-order valence-corrected chi connectivity index (χ0v) is 80.3. The SMILES string of the molecule is c1ccc(-n2c3cc4ccccc4cc3c3cc4c5ccccc5n(-c5ccc(-c6cccc7c6sc6ccccc67)cc5)c4cc32)cc1.c1ccc(-n2c3cc4ccccc4cc3c3cc4c5ccccc5n(-c5cccc(-c6cccc7oc8ccccc8c67)c5)c4cc32)cc1.c1ccc(-n2c3cc4ccccc4cc3c3cc4c5ccccc5n(-c5cccc(-n6c7ccccc7c7ccccc76)c5)c4cc32)cc1. The van der Waals surface area contributed by atoms with E-state index in [1.807, 2.05) is 23.5 Å². The first kappa shape index (κ1) is 82.4. The van der Waals surface area contributed by atoms with Crippen LogP contribution in [0, 0.1) is 0 Å². The number of furan rings is 1. The third-order valence-electron chi connectivity index (χ3n) is 30.9. The fraction of sp³-hybridized carbons (Fsp3) is 0. The number of fused-ring (bicyclic) bond motifs is 30. The van der Waals surface area contributed by atoms with Crippen LogP contribution in [0.5, 0.6) is 0 Å². The lowest BCUT2D eigenvalue weighted by Gasteiger charge is -2.13. The fourth-order valence-electron chi connectivity index (χ4n) is 24.5. The maximum atomic E-state index is 6.26. The Hall–Kier alpha value is -19.3. The van der Waals surface area contributed by atoms with Gasteiger partial charge in [-0.2, -0.15) is 0 Å². The molecule has 0 unspecified atom stereocenters. The second-order valence-electron chi connectivity index (χ2n) is 38.9. The van der Waals surface area contributed by atoms with Crippen LogP contribution < -0.4 is 0 Å². The monoisotopic (exact) mass is 1890 g/mol. The Labute approximate surface area is 846 Å².